The Hall–Kier alpha value is -0.920. The maximum atomic E-state index is 13.1. The standard InChI is InChI=1S/C14H14BrF3N2S/c1-3-19-7-11-12(14(16,17)18)20-13(21-11)9-5-4-8(2)10(15)6-9/h4-6,19H,3,7H2,1-2H3. The summed E-state index contributed by atoms with van der Waals surface area (Å²) in [5.41, 5.74) is 0.921. The number of halogens is 4. The first-order valence-electron chi connectivity index (χ1n) is 6.37. The van der Waals surface area contributed by atoms with Gasteiger partial charge in [0.25, 0.3) is 0 Å². The lowest BCUT2D eigenvalue weighted by Gasteiger charge is -2.05. The quantitative estimate of drug-likeness (QED) is 0.808. The minimum atomic E-state index is -4.43. The van der Waals surface area contributed by atoms with E-state index in [0.29, 0.717) is 17.1 Å². The van der Waals surface area contributed by atoms with E-state index in [2.05, 4.69) is 26.2 Å². The summed E-state index contributed by atoms with van der Waals surface area (Å²) in [5, 5.41) is 3.31. The minimum Gasteiger partial charge on any atom is -0.312 e. The van der Waals surface area contributed by atoms with Crippen LogP contribution in [0.15, 0.2) is 22.7 Å². The van der Waals surface area contributed by atoms with Crippen molar-refractivity contribution < 1.29 is 13.2 Å². The molecular weight excluding hydrogens is 365 g/mol. The van der Waals surface area contributed by atoms with Crippen molar-refractivity contribution in [2.45, 2.75) is 26.6 Å². The minimum absolute atomic E-state index is 0.177. The molecule has 1 N–H and O–H groups in total. The lowest BCUT2D eigenvalue weighted by Crippen LogP contribution is -2.15. The number of nitrogens with one attached hydrogen (secondary N) is 1. The number of aryl methyl sites for hydroxylation is 1. The number of thiazole rings is 1. The molecule has 0 bridgehead atoms. The zero-order chi connectivity index (χ0) is 15.6. The molecule has 2 rings (SSSR count). The average Bonchev–Trinajstić information content (AvgIpc) is 2.83. The molecule has 1 aromatic carbocycles. The third kappa shape index (κ3) is 3.84. The zero-order valence-electron chi connectivity index (χ0n) is 11.5. The van der Waals surface area contributed by atoms with Crippen LogP contribution in [0.3, 0.4) is 0 Å². The smallest absolute Gasteiger partial charge is 0.312 e. The molecule has 0 amide bonds. The Morgan fingerprint density at radius 2 is 2.05 bits per heavy atom. The second-order valence-electron chi connectivity index (χ2n) is 4.53. The van der Waals surface area contributed by atoms with Gasteiger partial charge in [-0.25, -0.2) is 4.98 Å². The first kappa shape index (κ1) is 16.5. The highest BCUT2D eigenvalue weighted by Crippen LogP contribution is 2.38. The van der Waals surface area contributed by atoms with Gasteiger partial charge in [0.1, 0.15) is 5.01 Å². The average molecular weight is 379 g/mol. The Labute approximate surface area is 133 Å². The number of alkyl halides is 3. The summed E-state index contributed by atoms with van der Waals surface area (Å²) in [5.74, 6) is 0. The fourth-order valence-corrected chi connectivity index (χ4v) is 3.21. The van der Waals surface area contributed by atoms with Gasteiger partial charge in [-0.2, -0.15) is 13.2 Å². The van der Waals surface area contributed by atoms with Crippen LogP contribution in [0.5, 0.6) is 0 Å². The Bertz CT molecular complexity index is 638. The fraction of sp³-hybridized carbons (Fsp3) is 0.357. The van der Waals surface area contributed by atoms with Gasteiger partial charge in [-0.05, 0) is 25.1 Å². The van der Waals surface area contributed by atoms with Crippen LogP contribution >= 0.6 is 27.3 Å². The van der Waals surface area contributed by atoms with Crippen LogP contribution in [0.2, 0.25) is 0 Å². The second-order valence-corrected chi connectivity index (χ2v) is 6.47. The monoisotopic (exact) mass is 378 g/mol. The lowest BCUT2D eigenvalue weighted by molar-refractivity contribution is -0.141. The van der Waals surface area contributed by atoms with Crippen molar-refractivity contribution >= 4 is 27.3 Å². The van der Waals surface area contributed by atoms with Crippen LogP contribution in [-0.4, -0.2) is 11.5 Å². The normalized spacial score (nSPS) is 11.9. The van der Waals surface area contributed by atoms with Crippen LogP contribution in [0.4, 0.5) is 13.2 Å². The molecule has 0 atom stereocenters. The van der Waals surface area contributed by atoms with Crippen LogP contribution in [0.1, 0.15) is 23.1 Å². The van der Waals surface area contributed by atoms with Gasteiger partial charge >= 0.3 is 6.18 Å². The van der Waals surface area contributed by atoms with Crippen molar-refractivity contribution in [3.63, 3.8) is 0 Å². The van der Waals surface area contributed by atoms with E-state index < -0.39 is 11.9 Å². The maximum absolute atomic E-state index is 13.1. The molecule has 0 saturated carbocycles. The van der Waals surface area contributed by atoms with Gasteiger partial charge in [-0.15, -0.1) is 11.3 Å². The van der Waals surface area contributed by atoms with Gasteiger partial charge < -0.3 is 5.32 Å². The van der Waals surface area contributed by atoms with Gasteiger partial charge in [-0.3, -0.25) is 0 Å². The van der Waals surface area contributed by atoms with Crippen LogP contribution in [0, 0.1) is 6.92 Å². The molecule has 0 aliphatic carbocycles. The molecule has 0 spiro atoms. The molecule has 2 nitrogen and oxygen atoms in total. The number of aromatic nitrogens is 1. The number of hydrogen-bond acceptors (Lipinski definition) is 3. The molecule has 114 valence electrons. The summed E-state index contributed by atoms with van der Waals surface area (Å²) in [7, 11) is 0. The van der Waals surface area contributed by atoms with E-state index in [1.54, 1.807) is 12.1 Å². The highest BCUT2D eigenvalue weighted by atomic mass is 79.9. The first-order chi connectivity index (χ1) is 9.82. The Morgan fingerprint density at radius 3 is 2.62 bits per heavy atom. The highest BCUT2D eigenvalue weighted by Gasteiger charge is 2.37. The molecule has 0 radical (unpaired) electrons. The van der Waals surface area contributed by atoms with Crippen molar-refractivity contribution in [2.24, 2.45) is 0 Å². The van der Waals surface area contributed by atoms with Crippen LogP contribution in [0.25, 0.3) is 10.6 Å². The Kier molecular flexibility index (Phi) is 5.06. The molecule has 1 aromatic heterocycles. The predicted octanol–water partition coefficient (Wildman–Crippen LogP) is 5.01. The molecule has 2 aromatic rings. The van der Waals surface area contributed by atoms with Gasteiger partial charge in [0.05, 0.1) is 4.88 Å². The zero-order valence-corrected chi connectivity index (χ0v) is 13.9. The summed E-state index contributed by atoms with van der Waals surface area (Å²) in [6.07, 6.45) is -4.43. The van der Waals surface area contributed by atoms with Gasteiger partial charge in [0.2, 0.25) is 0 Å². The third-order valence-corrected chi connectivity index (χ3v) is 4.88. The Balaban J connectivity index is 2.45. The molecule has 21 heavy (non-hydrogen) atoms. The number of benzene rings is 1. The summed E-state index contributed by atoms with van der Waals surface area (Å²) >= 11 is 4.47. The van der Waals surface area contributed by atoms with E-state index in [9.17, 15) is 13.2 Å². The Morgan fingerprint density at radius 1 is 1.33 bits per heavy atom. The van der Waals surface area contributed by atoms with Gasteiger partial charge in [0, 0.05) is 16.6 Å². The van der Waals surface area contributed by atoms with Gasteiger partial charge in [0.15, 0.2) is 5.69 Å². The lowest BCUT2D eigenvalue weighted by atomic mass is 10.2. The van der Waals surface area contributed by atoms with E-state index in [1.807, 2.05) is 19.9 Å². The second kappa shape index (κ2) is 6.46. The summed E-state index contributed by atoms with van der Waals surface area (Å²) in [6.45, 7) is 4.57. The van der Waals surface area contributed by atoms with E-state index >= 15 is 0 Å². The molecular formula is C14H14BrF3N2S. The summed E-state index contributed by atoms with van der Waals surface area (Å²) in [4.78, 5) is 4.03. The number of rotatable bonds is 4. The SMILES string of the molecule is CCNCc1sc(-c2ccc(C)c(Br)c2)nc1C(F)(F)F. The van der Waals surface area contributed by atoms with E-state index in [1.165, 1.54) is 0 Å². The highest BCUT2D eigenvalue weighted by molar-refractivity contribution is 9.10. The predicted molar refractivity (Wildman–Crippen MR) is 82.4 cm³/mol. The van der Waals surface area contributed by atoms with Gasteiger partial charge in [-0.1, -0.05) is 35.0 Å². The van der Waals surface area contributed by atoms with Crippen molar-refractivity contribution in [1.82, 2.24) is 10.3 Å². The molecule has 0 aliphatic rings. The van der Waals surface area contributed by atoms with Crippen LogP contribution < -0.4 is 5.32 Å². The molecule has 1 heterocycles. The maximum Gasteiger partial charge on any atom is 0.434 e. The van der Waals surface area contributed by atoms with Crippen LogP contribution in [-0.2, 0) is 12.7 Å². The molecule has 0 aliphatic heterocycles. The summed E-state index contributed by atoms with van der Waals surface area (Å²) < 4.78 is 40.0. The van der Waals surface area contributed by atoms with Crippen molar-refractivity contribution in [1.29, 1.82) is 0 Å². The molecule has 0 fully saturated rings. The van der Waals surface area contributed by atoms with Crippen molar-refractivity contribution in [3.8, 4) is 10.6 Å². The van der Waals surface area contributed by atoms with E-state index in [0.717, 1.165) is 21.4 Å². The topological polar surface area (TPSA) is 24.9 Å². The van der Waals surface area contributed by atoms with E-state index in [-0.39, 0.29) is 11.4 Å². The molecule has 0 unspecified atom stereocenters. The van der Waals surface area contributed by atoms with Crippen molar-refractivity contribution in [3.05, 3.63) is 38.8 Å². The molecule has 7 heteroatoms. The molecule has 0 saturated heterocycles. The first-order valence-corrected chi connectivity index (χ1v) is 7.98. The largest absolute Gasteiger partial charge is 0.434 e. The third-order valence-electron chi connectivity index (χ3n) is 2.92. The summed E-state index contributed by atoms with van der Waals surface area (Å²) in [6, 6.07) is 5.44. The number of hydrogen-bond donors (Lipinski definition) is 1. The van der Waals surface area contributed by atoms with Crippen molar-refractivity contribution in [2.75, 3.05) is 6.54 Å². The fourth-order valence-electron chi connectivity index (χ4n) is 1.78. The van der Waals surface area contributed by atoms with E-state index in [4.69, 9.17) is 0 Å². The number of nitrogens with zero attached hydrogens (tertiary/aromatic N) is 1.